The maximum atomic E-state index is 13.7. The van der Waals surface area contributed by atoms with Crippen LogP contribution in [0.5, 0.6) is 0 Å². The fraction of sp³-hybridized carbons (Fsp3) is 0.158. The molecule has 0 aliphatic rings. The Morgan fingerprint density at radius 1 is 1.11 bits per heavy atom. The number of nitrogens with zero attached hydrogens (tertiary/aromatic N) is 3. The summed E-state index contributed by atoms with van der Waals surface area (Å²) in [6, 6.07) is 15.0. The standard InChI is InChI=1S/C19H15ClF3N3O/c1-25(12-13-7-3-2-4-8-13)18(27)14-11-24-26(17(14)19(21,22)23)16-10-6-5-9-15(16)20/h2-11H,12H2,1H3. The minimum atomic E-state index is -4.78. The average Bonchev–Trinajstić information content (AvgIpc) is 3.07. The SMILES string of the molecule is CN(Cc1ccccc1)C(=O)c1cnn(-c2ccccc2Cl)c1C(F)(F)F. The van der Waals surface area contributed by atoms with Crippen LogP contribution in [0.1, 0.15) is 21.6 Å². The Morgan fingerprint density at radius 3 is 2.37 bits per heavy atom. The second-order valence-electron chi connectivity index (χ2n) is 5.91. The summed E-state index contributed by atoms with van der Waals surface area (Å²) < 4.78 is 41.9. The van der Waals surface area contributed by atoms with Crippen LogP contribution in [0.15, 0.2) is 60.8 Å². The van der Waals surface area contributed by atoms with E-state index in [4.69, 9.17) is 11.6 Å². The van der Waals surface area contributed by atoms with Gasteiger partial charge in [-0.05, 0) is 17.7 Å². The van der Waals surface area contributed by atoms with Crippen LogP contribution in [0, 0.1) is 0 Å². The Hall–Kier alpha value is -2.80. The highest BCUT2D eigenvalue weighted by Gasteiger charge is 2.41. The van der Waals surface area contributed by atoms with Crippen LogP contribution in [0.3, 0.4) is 0 Å². The summed E-state index contributed by atoms with van der Waals surface area (Å²) >= 11 is 6.02. The van der Waals surface area contributed by atoms with Crippen LogP contribution in [0.2, 0.25) is 5.02 Å². The lowest BCUT2D eigenvalue weighted by atomic mass is 10.1. The molecule has 8 heteroatoms. The summed E-state index contributed by atoms with van der Waals surface area (Å²) in [7, 11) is 1.45. The van der Waals surface area contributed by atoms with E-state index in [9.17, 15) is 18.0 Å². The van der Waals surface area contributed by atoms with E-state index in [1.807, 2.05) is 6.07 Å². The van der Waals surface area contributed by atoms with E-state index >= 15 is 0 Å². The Kier molecular flexibility index (Phi) is 5.23. The van der Waals surface area contributed by atoms with Gasteiger partial charge in [-0.2, -0.15) is 18.3 Å². The second-order valence-corrected chi connectivity index (χ2v) is 6.32. The molecule has 3 rings (SSSR count). The lowest BCUT2D eigenvalue weighted by Crippen LogP contribution is -2.28. The second kappa shape index (κ2) is 7.44. The molecule has 0 aliphatic heterocycles. The van der Waals surface area contributed by atoms with E-state index in [1.54, 1.807) is 36.4 Å². The summed E-state index contributed by atoms with van der Waals surface area (Å²) in [5.74, 6) is -0.774. The molecule has 0 radical (unpaired) electrons. The van der Waals surface area contributed by atoms with Gasteiger partial charge in [-0.3, -0.25) is 4.79 Å². The lowest BCUT2D eigenvalue weighted by molar-refractivity contribution is -0.143. The van der Waals surface area contributed by atoms with Crippen LogP contribution in [-0.2, 0) is 12.7 Å². The average molecular weight is 394 g/mol. The molecule has 1 heterocycles. The maximum absolute atomic E-state index is 13.7. The molecule has 0 bridgehead atoms. The normalized spacial score (nSPS) is 11.4. The zero-order valence-electron chi connectivity index (χ0n) is 14.2. The molecule has 27 heavy (non-hydrogen) atoms. The predicted molar refractivity (Wildman–Crippen MR) is 95.8 cm³/mol. The number of hydrogen-bond donors (Lipinski definition) is 0. The Balaban J connectivity index is 2.01. The number of amides is 1. The molecule has 1 amide bonds. The third kappa shape index (κ3) is 3.98. The van der Waals surface area contributed by atoms with Crippen molar-refractivity contribution in [3.8, 4) is 5.69 Å². The molecule has 0 aliphatic carbocycles. The molecule has 0 atom stereocenters. The van der Waals surface area contributed by atoms with Crippen molar-refractivity contribution >= 4 is 17.5 Å². The van der Waals surface area contributed by atoms with E-state index < -0.39 is 23.3 Å². The molecule has 3 aromatic rings. The number of para-hydroxylation sites is 1. The van der Waals surface area contributed by atoms with Crippen molar-refractivity contribution in [3.05, 3.63) is 82.6 Å². The fourth-order valence-corrected chi connectivity index (χ4v) is 2.93. The molecule has 0 saturated carbocycles. The highest BCUT2D eigenvalue weighted by atomic mass is 35.5. The van der Waals surface area contributed by atoms with Gasteiger partial charge in [-0.1, -0.05) is 54.1 Å². The highest BCUT2D eigenvalue weighted by Crippen LogP contribution is 2.35. The first-order chi connectivity index (χ1) is 12.8. The molecular weight excluding hydrogens is 379 g/mol. The van der Waals surface area contributed by atoms with Crippen molar-refractivity contribution in [3.63, 3.8) is 0 Å². The van der Waals surface area contributed by atoms with E-state index in [0.29, 0.717) is 4.68 Å². The Morgan fingerprint density at radius 2 is 1.74 bits per heavy atom. The third-order valence-electron chi connectivity index (χ3n) is 3.96. The van der Waals surface area contributed by atoms with Gasteiger partial charge in [0.1, 0.15) is 0 Å². The number of benzene rings is 2. The minimum absolute atomic E-state index is 0.0521. The van der Waals surface area contributed by atoms with Crippen molar-refractivity contribution in [2.75, 3.05) is 7.05 Å². The molecule has 0 saturated heterocycles. The van der Waals surface area contributed by atoms with Crippen molar-refractivity contribution in [1.29, 1.82) is 0 Å². The summed E-state index contributed by atoms with van der Waals surface area (Å²) in [5, 5.41) is 3.89. The van der Waals surface area contributed by atoms with Crippen LogP contribution >= 0.6 is 11.6 Å². The van der Waals surface area contributed by atoms with E-state index in [1.165, 1.54) is 24.1 Å². The Bertz CT molecular complexity index is 954. The summed E-state index contributed by atoms with van der Waals surface area (Å²) in [6.45, 7) is 0.175. The number of aromatic nitrogens is 2. The van der Waals surface area contributed by atoms with E-state index in [0.717, 1.165) is 11.8 Å². The highest BCUT2D eigenvalue weighted by molar-refractivity contribution is 6.32. The van der Waals surface area contributed by atoms with Gasteiger partial charge in [0, 0.05) is 13.6 Å². The van der Waals surface area contributed by atoms with Gasteiger partial charge in [0.15, 0.2) is 5.69 Å². The number of carbonyl (C=O) groups excluding carboxylic acids is 1. The first-order valence-corrected chi connectivity index (χ1v) is 8.36. The zero-order chi connectivity index (χ0) is 19.6. The largest absolute Gasteiger partial charge is 0.434 e. The molecule has 1 aromatic heterocycles. The number of rotatable bonds is 4. The number of alkyl halides is 3. The summed E-state index contributed by atoms with van der Waals surface area (Å²) in [6.07, 6.45) is -3.86. The van der Waals surface area contributed by atoms with E-state index in [-0.39, 0.29) is 17.3 Å². The number of hydrogen-bond acceptors (Lipinski definition) is 2. The monoisotopic (exact) mass is 393 g/mol. The topological polar surface area (TPSA) is 38.1 Å². The van der Waals surface area contributed by atoms with Gasteiger partial charge in [-0.25, -0.2) is 4.68 Å². The third-order valence-corrected chi connectivity index (χ3v) is 4.28. The van der Waals surface area contributed by atoms with Gasteiger partial charge >= 0.3 is 6.18 Å². The quantitative estimate of drug-likeness (QED) is 0.637. The number of halogens is 4. The molecule has 2 aromatic carbocycles. The molecule has 0 fully saturated rings. The summed E-state index contributed by atoms with van der Waals surface area (Å²) in [4.78, 5) is 13.9. The lowest BCUT2D eigenvalue weighted by Gasteiger charge is -2.19. The first kappa shape index (κ1) is 19.0. The molecular formula is C19H15ClF3N3O. The molecule has 0 N–H and O–H groups in total. The van der Waals surface area contributed by atoms with E-state index in [2.05, 4.69) is 5.10 Å². The predicted octanol–water partition coefficient (Wildman–Crippen LogP) is 4.82. The van der Waals surface area contributed by atoms with Crippen molar-refractivity contribution in [2.45, 2.75) is 12.7 Å². The van der Waals surface area contributed by atoms with Crippen LogP contribution in [-0.4, -0.2) is 27.6 Å². The van der Waals surface area contributed by atoms with Crippen molar-refractivity contribution in [2.24, 2.45) is 0 Å². The van der Waals surface area contributed by atoms with Crippen molar-refractivity contribution in [1.82, 2.24) is 14.7 Å². The zero-order valence-corrected chi connectivity index (χ0v) is 15.0. The number of carbonyl (C=O) groups is 1. The van der Waals surface area contributed by atoms with Gasteiger partial charge in [0.25, 0.3) is 5.91 Å². The van der Waals surface area contributed by atoms with Crippen molar-refractivity contribution < 1.29 is 18.0 Å². The minimum Gasteiger partial charge on any atom is -0.337 e. The maximum Gasteiger partial charge on any atom is 0.434 e. The Labute approximate surface area is 158 Å². The molecule has 0 unspecified atom stereocenters. The van der Waals surface area contributed by atoms with Crippen LogP contribution in [0.4, 0.5) is 13.2 Å². The fourth-order valence-electron chi connectivity index (χ4n) is 2.72. The van der Waals surface area contributed by atoms with Gasteiger partial charge in [0.05, 0.1) is 22.5 Å². The molecule has 0 spiro atoms. The van der Waals surface area contributed by atoms with Gasteiger partial charge in [-0.15, -0.1) is 0 Å². The van der Waals surface area contributed by atoms with Gasteiger partial charge < -0.3 is 4.90 Å². The first-order valence-electron chi connectivity index (χ1n) is 7.98. The summed E-state index contributed by atoms with van der Waals surface area (Å²) in [5.41, 5.74) is -0.821. The van der Waals surface area contributed by atoms with Gasteiger partial charge in [0.2, 0.25) is 0 Å². The molecule has 4 nitrogen and oxygen atoms in total. The van der Waals surface area contributed by atoms with Crippen LogP contribution in [0.25, 0.3) is 5.69 Å². The molecule has 140 valence electrons. The van der Waals surface area contributed by atoms with Crippen LogP contribution < -0.4 is 0 Å². The smallest absolute Gasteiger partial charge is 0.337 e.